The van der Waals surface area contributed by atoms with Gasteiger partial charge in [0.05, 0.1) is 0 Å². The highest BCUT2D eigenvalue weighted by atomic mass is 15.0. The predicted molar refractivity (Wildman–Crippen MR) is 83.3 cm³/mol. The average Bonchev–Trinajstić information content (AvgIpc) is 3.03. The summed E-state index contributed by atoms with van der Waals surface area (Å²) in [6, 6.07) is 10.5. The van der Waals surface area contributed by atoms with Crippen molar-refractivity contribution in [2.24, 2.45) is 0 Å². The fraction of sp³-hybridized carbons (Fsp3) is 0. The highest BCUT2D eigenvalue weighted by Gasteiger charge is 2.10. The Hall–Kier alpha value is -3.01. The van der Waals surface area contributed by atoms with E-state index in [0.29, 0.717) is 0 Å². The van der Waals surface area contributed by atoms with Crippen molar-refractivity contribution in [1.29, 1.82) is 0 Å². The summed E-state index contributed by atoms with van der Waals surface area (Å²) in [6.45, 7) is 0. The Labute approximate surface area is 119 Å². The Kier molecular flexibility index (Phi) is 1.92. The smallest absolute Gasteiger partial charge is 0.146 e. The number of imidazole rings is 1. The van der Waals surface area contributed by atoms with Crippen LogP contribution in [0, 0.1) is 0 Å². The van der Waals surface area contributed by atoms with E-state index in [1.165, 1.54) is 5.39 Å². The van der Waals surface area contributed by atoms with Crippen LogP contribution in [-0.2, 0) is 0 Å². The van der Waals surface area contributed by atoms with Crippen LogP contribution in [0.25, 0.3) is 38.2 Å². The first-order valence-electron chi connectivity index (χ1n) is 6.79. The zero-order chi connectivity index (χ0) is 13.8. The molecule has 4 nitrogen and oxygen atoms in total. The van der Waals surface area contributed by atoms with Crippen LogP contribution in [0.1, 0.15) is 0 Å². The summed E-state index contributed by atoms with van der Waals surface area (Å²) in [5, 5.41) is 5.73. The number of fused-ring (bicyclic) bond motifs is 7. The van der Waals surface area contributed by atoms with E-state index >= 15 is 0 Å². The van der Waals surface area contributed by atoms with Gasteiger partial charge in [-0.05, 0) is 41.1 Å². The number of benzene rings is 1. The van der Waals surface area contributed by atoms with E-state index in [2.05, 4.69) is 33.2 Å². The van der Waals surface area contributed by atoms with Crippen LogP contribution in [-0.4, -0.2) is 19.4 Å². The van der Waals surface area contributed by atoms with Crippen molar-refractivity contribution in [3.8, 4) is 0 Å². The molecule has 0 N–H and O–H groups in total. The number of pyridine rings is 3. The molecule has 4 aromatic heterocycles. The summed E-state index contributed by atoms with van der Waals surface area (Å²) in [5.41, 5.74) is 1.87. The van der Waals surface area contributed by atoms with Crippen LogP contribution < -0.4 is 0 Å². The van der Waals surface area contributed by atoms with Crippen molar-refractivity contribution in [3.63, 3.8) is 0 Å². The molecule has 0 unspecified atom stereocenters. The maximum Gasteiger partial charge on any atom is 0.146 e. The zero-order valence-electron chi connectivity index (χ0n) is 11.1. The topological polar surface area (TPSA) is 43.1 Å². The van der Waals surface area contributed by atoms with Gasteiger partial charge in [0.1, 0.15) is 11.3 Å². The van der Waals surface area contributed by atoms with Crippen LogP contribution in [0.3, 0.4) is 0 Å². The monoisotopic (exact) mass is 270 g/mol. The molecule has 4 heteroatoms. The molecule has 0 aliphatic heterocycles. The summed E-state index contributed by atoms with van der Waals surface area (Å²) in [7, 11) is 0. The van der Waals surface area contributed by atoms with Gasteiger partial charge in [-0.15, -0.1) is 0 Å². The molecule has 98 valence electrons. The SMILES string of the molecule is c1cnc2c(c1)c1cc3cnccc3cc1c1nccn21. The molecule has 0 radical (unpaired) electrons. The third-order valence-electron chi connectivity index (χ3n) is 3.96. The summed E-state index contributed by atoms with van der Waals surface area (Å²) in [6.07, 6.45) is 9.31. The number of nitrogens with zero attached hydrogens (tertiary/aromatic N) is 4. The van der Waals surface area contributed by atoms with E-state index in [4.69, 9.17) is 0 Å². The van der Waals surface area contributed by atoms with Gasteiger partial charge in [-0.25, -0.2) is 9.97 Å². The van der Waals surface area contributed by atoms with Crippen molar-refractivity contribution in [2.75, 3.05) is 0 Å². The Morgan fingerprint density at radius 2 is 1.62 bits per heavy atom. The summed E-state index contributed by atoms with van der Waals surface area (Å²) >= 11 is 0. The van der Waals surface area contributed by atoms with Gasteiger partial charge in [-0.3, -0.25) is 9.38 Å². The molecule has 0 aliphatic rings. The third-order valence-corrected chi connectivity index (χ3v) is 3.96. The second-order valence-electron chi connectivity index (χ2n) is 5.12. The van der Waals surface area contributed by atoms with E-state index in [0.717, 1.165) is 32.8 Å². The van der Waals surface area contributed by atoms with Gasteiger partial charge in [0.2, 0.25) is 0 Å². The molecule has 4 heterocycles. The molecule has 0 bridgehead atoms. The Balaban J connectivity index is 2.18. The molecule has 0 aliphatic carbocycles. The van der Waals surface area contributed by atoms with Crippen molar-refractivity contribution < 1.29 is 0 Å². The lowest BCUT2D eigenvalue weighted by molar-refractivity contribution is 1.20. The molecule has 5 aromatic rings. The number of hydrogen-bond acceptors (Lipinski definition) is 3. The first-order chi connectivity index (χ1) is 10.4. The standard InChI is InChI=1S/C17H10N4/c1-2-13-14-9-12-10-18-5-3-11(12)8-15(14)17-20-6-7-21(17)16(13)19-4-1/h1-10H. The van der Waals surface area contributed by atoms with Crippen molar-refractivity contribution in [3.05, 3.63) is 61.3 Å². The lowest BCUT2D eigenvalue weighted by atomic mass is 10.0. The first kappa shape index (κ1) is 10.7. The van der Waals surface area contributed by atoms with Gasteiger partial charge in [-0.1, -0.05) is 0 Å². The maximum atomic E-state index is 4.52. The molecule has 0 atom stereocenters. The van der Waals surface area contributed by atoms with E-state index in [9.17, 15) is 0 Å². The van der Waals surface area contributed by atoms with E-state index < -0.39 is 0 Å². The van der Waals surface area contributed by atoms with Crippen LogP contribution in [0.4, 0.5) is 0 Å². The molecule has 5 rings (SSSR count). The third kappa shape index (κ3) is 1.36. The van der Waals surface area contributed by atoms with Gasteiger partial charge < -0.3 is 0 Å². The fourth-order valence-corrected chi connectivity index (χ4v) is 3.02. The van der Waals surface area contributed by atoms with Gasteiger partial charge in [0.15, 0.2) is 0 Å². The highest BCUT2D eigenvalue weighted by Crippen LogP contribution is 2.30. The highest BCUT2D eigenvalue weighted by molar-refractivity contribution is 6.15. The Morgan fingerprint density at radius 3 is 2.62 bits per heavy atom. The molecule has 0 saturated heterocycles. The molecular formula is C17H10N4. The van der Waals surface area contributed by atoms with Crippen molar-refractivity contribution in [2.45, 2.75) is 0 Å². The number of rotatable bonds is 0. The molecule has 0 spiro atoms. The quantitative estimate of drug-likeness (QED) is 0.319. The number of aromatic nitrogens is 4. The van der Waals surface area contributed by atoms with Crippen molar-refractivity contribution >= 4 is 38.2 Å². The minimum Gasteiger partial charge on any atom is -0.283 e. The molecule has 1 aromatic carbocycles. The van der Waals surface area contributed by atoms with Crippen LogP contribution in [0.5, 0.6) is 0 Å². The molecule has 0 amide bonds. The summed E-state index contributed by atoms with van der Waals surface area (Å²) in [5.74, 6) is 0. The van der Waals surface area contributed by atoms with E-state index in [1.54, 1.807) is 0 Å². The summed E-state index contributed by atoms with van der Waals surface area (Å²) < 4.78 is 2.05. The number of hydrogen-bond donors (Lipinski definition) is 0. The lowest BCUT2D eigenvalue weighted by Crippen LogP contribution is -1.93. The lowest BCUT2D eigenvalue weighted by Gasteiger charge is -2.08. The van der Waals surface area contributed by atoms with Crippen LogP contribution >= 0.6 is 0 Å². The maximum absolute atomic E-state index is 4.52. The van der Waals surface area contributed by atoms with Crippen LogP contribution in [0.2, 0.25) is 0 Å². The van der Waals surface area contributed by atoms with Gasteiger partial charge >= 0.3 is 0 Å². The molecule has 0 saturated carbocycles. The van der Waals surface area contributed by atoms with Gasteiger partial charge in [0.25, 0.3) is 0 Å². The fourth-order valence-electron chi connectivity index (χ4n) is 3.02. The normalized spacial score (nSPS) is 11.8. The van der Waals surface area contributed by atoms with E-state index in [-0.39, 0.29) is 0 Å². The second kappa shape index (κ2) is 3.76. The van der Waals surface area contributed by atoms with E-state index in [1.807, 2.05) is 47.5 Å². The Bertz CT molecular complexity index is 1140. The molecule has 21 heavy (non-hydrogen) atoms. The molecule has 0 fully saturated rings. The van der Waals surface area contributed by atoms with Crippen molar-refractivity contribution in [1.82, 2.24) is 19.4 Å². The Morgan fingerprint density at radius 1 is 0.762 bits per heavy atom. The minimum atomic E-state index is 0.931. The average molecular weight is 270 g/mol. The predicted octanol–water partition coefficient (Wildman–Crippen LogP) is 3.58. The first-order valence-corrected chi connectivity index (χ1v) is 6.79. The van der Waals surface area contributed by atoms with Gasteiger partial charge in [0, 0.05) is 47.1 Å². The second-order valence-corrected chi connectivity index (χ2v) is 5.12. The minimum absolute atomic E-state index is 0.931. The van der Waals surface area contributed by atoms with Crippen LogP contribution in [0.15, 0.2) is 61.3 Å². The largest absolute Gasteiger partial charge is 0.283 e. The molecular weight excluding hydrogens is 260 g/mol. The van der Waals surface area contributed by atoms with Gasteiger partial charge in [-0.2, -0.15) is 0 Å². The zero-order valence-corrected chi connectivity index (χ0v) is 11.1. The summed E-state index contributed by atoms with van der Waals surface area (Å²) in [4.78, 5) is 13.2.